The summed E-state index contributed by atoms with van der Waals surface area (Å²) in [4.78, 5) is 29.2. The minimum atomic E-state index is -0.574. The van der Waals surface area contributed by atoms with Gasteiger partial charge in [0.1, 0.15) is 5.82 Å². The van der Waals surface area contributed by atoms with Crippen molar-refractivity contribution in [2.45, 2.75) is 18.9 Å². The first-order valence-electron chi connectivity index (χ1n) is 11.5. The third-order valence-electron chi connectivity index (χ3n) is 6.67. The van der Waals surface area contributed by atoms with E-state index in [0.29, 0.717) is 37.9 Å². The lowest BCUT2D eigenvalue weighted by molar-refractivity contribution is -0.121. The van der Waals surface area contributed by atoms with Gasteiger partial charge >= 0.3 is 0 Å². The first-order chi connectivity index (χ1) is 16.0. The van der Waals surface area contributed by atoms with Crippen molar-refractivity contribution in [1.29, 1.82) is 0 Å². The van der Waals surface area contributed by atoms with Crippen LogP contribution in [-0.4, -0.2) is 60.9 Å². The average Bonchev–Trinajstić information content (AvgIpc) is 3.36. The Morgan fingerprint density at radius 1 is 1.06 bits per heavy atom. The molecule has 0 spiro atoms. The van der Waals surface area contributed by atoms with Crippen LogP contribution in [0.4, 0.5) is 4.39 Å². The molecule has 0 aliphatic carbocycles. The maximum Gasteiger partial charge on any atom is 0.258 e. The number of carbonyl (C=O) groups is 2. The van der Waals surface area contributed by atoms with E-state index >= 15 is 0 Å². The number of nitrogens with one attached hydrogen (secondary N) is 1. The maximum atomic E-state index is 14.2. The summed E-state index contributed by atoms with van der Waals surface area (Å²) in [6, 6.07) is 14.2. The van der Waals surface area contributed by atoms with Gasteiger partial charge in [0.15, 0.2) is 0 Å². The van der Waals surface area contributed by atoms with Crippen LogP contribution in [0.25, 0.3) is 0 Å². The molecule has 8 heteroatoms. The first kappa shape index (κ1) is 23.7. The van der Waals surface area contributed by atoms with Crippen LogP contribution in [0, 0.1) is 17.7 Å². The molecule has 2 aliphatic heterocycles. The van der Waals surface area contributed by atoms with Gasteiger partial charge in [-0.3, -0.25) is 9.59 Å². The molecule has 0 bridgehead atoms. The fourth-order valence-electron chi connectivity index (χ4n) is 5.02. The van der Waals surface area contributed by atoms with Gasteiger partial charge in [-0.2, -0.15) is 0 Å². The normalized spacial score (nSPS) is 21.1. The summed E-state index contributed by atoms with van der Waals surface area (Å²) in [7, 11) is 0. The summed E-state index contributed by atoms with van der Waals surface area (Å²) in [5.74, 6) is -0.214. The van der Waals surface area contributed by atoms with E-state index in [1.165, 1.54) is 12.1 Å². The third-order valence-corrected chi connectivity index (χ3v) is 6.98. The highest BCUT2D eigenvalue weighted by Crippen LogP contribution is 2.33. The van der Waals surface area contributed by atoms with Crippen LogP contribution in [0.2, 0.25) is 5.02 Å². The van der Waals surface area contributed by atoms with E-state index in [0.717, 1.165) is 31.6 Å². The first-order valence-corrected chi connectivity index (χ1v) is 11.8. The SMILES string of the molecule is NCCC(=O)N[C@@H](CCN1CC2CN(C(=O)c3c(F)cccc3Cl)CC2C1)c1ccccc1. The van der Waals surface area contributed by atoms with Gasteiger partial charge in [0.25, 0.3) is 5.91 Å². The molecule has 2 fully saturated rings. The molecule has 0 radical (unpaired) electrons. The van der Waals surface area contributed by atoms with Crippen LogP contribution in [0.3, 0.4) is 0 Å². The molecule has 176 valence electrons. The lowest BCUT2D eigenvalue weighted by Crippen LogP contribution is -2.36. The number of nitrogens with zero attached hydrogens (tertiary/aromatic N) is 2. The number of nitrogens with two attached hydrogens (primary N) is 1. The molecule has 2 unspecified atom stereocenters. The molecular formula is C25H30ClFN4O2. The minimum absolute atomic E-state index is 0.0325. The summed E-state index contributed by atoms with van der Waals surface area (Å²) in [5, 5.41) is 3.27. The highest BCUT2D eigenvalue weighted by atomic mass is 35.5. The Kier molecular flexibility index (Phi) is 7.63. The van der Waals surface area contributed by atoms with Crippen molar-refractivity contribution >= 4 is 23.4 Å². The van der Waals surface area contributed by atoms with Crippen molar-refractivity contribution < 1.29 is 14.0 Å². The summed E-state index contributed by atoms with van der Waals surface area (Å²) in [6.07, 6.45) is 1.11. The summed E-state index contributed by atoms with van der Waals surface area (Å²) in [6.45, 7) is 4.17. The van der Waals surface area contributed by atoms with Crippen molar-refractivity contribution in [3.63, 3.8) is 0 Å². The van der Waals surface area contributed by atoms with Gasteiger partial charge in [0.2, 0.25) is 5.91 Å². The molecular weight excluding hydrogens is 443 g/mol. The molecule has 3 N–H and O–H groups in total. The quantitative estimate of drug-likeness (QED) is 0.619. The van der Waals surface area contributed by atoms with Gasteiger partial charge < -0.3 is 20.9 Å². The van der Waals surface area contributed by atoms with Gasteiger partial charge in [-0.15, -0.1) is 0 Å². The number of benzene rings is 2. The second-order valence-corrected chi connectivity index (χ2v) is 9.35. The average molecular weight is 473 g/mol. The summed E-state index contributed by atoms with van der Waals surface area (Å²) < 4.78 is 14.2. The number of amides is 2. The van der Waals surface area contributed by atoms with Gasteiger partial charge in [-0.05, 0) is 36.0 Å². The molecule has 4 rings (SSSR count). The van der Waals surface area contributed by atoms with E-state index < -0.39 is 5.82 Å². The number of rotatable bonds is 8. The van der Waals surface area contributed by atoms with Crippen molar-refractivity contribution in [2.75, 3.05) is 39.3 Å². The van der Waals surface area contributed by atoms with Gasteiger partial charge in [-0.1, -0.05) is 48.0 Å². The Labute approximate surface area is 198 Å². The van der Waals surface area contributed by atoms with Crippen LogP contribution >= 0.6 is 11.6 Å². The van der Waals surface area contributed by atoms with Crippen LogP contribution in [0.5, 0.6) is 0 Å². The topological polar surface area (TPSA) is 78.7 Å². The van der Waals surface area contributed by atoms with Crippen molar-refractivity contribution in [2.24, 2.45) is 17.6 Å². The fraction of sp³-hybridized carbons (Fsp3) is 0.440. The van der Waals surface area contributed by atoms with E-state index in [9.17, 15) is 14.0 Å². The molecule has 2 saturated heterocycles. The number of hydrogen-bond donors (Lipinski definition) is 2. The summed E-state index contributed by atoms with van der Waals surface area (Å²) in [5.41, 5.74) is 6.58. The van der Waals surface area contributed by atoms with Gasteiger partial charge in [0, 0.05) is 45.7 Å². The highest BCUT2D eigenvalue weighted by molar-refractivity contribution is 6.33. The van der Waals surface area contributed by atoms with E-state index in [-0.39, 0.29) is 28.4 Å². The maximum absolute atomic E-state index is 14.2. The third kappa shape index (κ3) is 5.54. The van der Waals surface area contributed by atoms with Gasteiger partial charge in [-0.25, -0.2) is 4.39 Å². The zero-order valence-electron chi connectivity index (χ0n) is 18.6. The molecule has 2 aromatic carbocycles. The molecule has 33 heavy (non-hydrogen) atoms. The second-order valence-electron chi connectivity index (χ2n) is 8.94. The molecule has 6 nitrogen and oxygen atoms in total. The molecule has 2 aliphatic rings. The molecule has 2 heterocycles. The lowest BCUT2D eigenvalue weighted by Gasteiger charge is -2.25. The Morgan fingerprint density at radius 3 is 2.39 bits per heavy atom. The highest BCUT2D eigenvalue weighted by Gasteiger charge is 2.42. The molecule has 3 atom stereocenters. The lowest BCUT2D eigenvalue weighted by atomic mass is 10.0. The number of halogens is 2. The predicted octanol–water partition coefficient (Wildman–Crippen LogP) is 3.08. The van der Waals surface area contributed by atoms with Gasteiger partial charge in [0.05, 0.1) is 16.6 Å². The Bertz CT molecular complexity index is 955. The smallest absolute Gasteiger partial charge is 0.258 e. The molecule has 0 saturated carbocycles. The van der Waals surface area contributed by atoms with Crippen LogP contribution in [-0.2, 0) is 4.79 Å². The number of fused-ring (bicyclic) bond motifs is 1. The van der Waals surface area contributed by atoms with Crippen LogP contribution < -0.4 is 11.1 Å². The molecule has 2 amide bonds. The largest absolute Gasteiger partial charge is 0.349 e. The zero-order valence-corrected chi connectivity index (χ0v) is 19.3. The monoisotopic (exact) mass is 472 g/mol. The second kappa shape index (κ2) is 10.6. The van der Waals surface area contributed by atoms with E-state index in [4.69, 9.17) is 17.3 Å². The van der Waals surface area contributed by atoms with Crippen LogP contribution in [0.15, 0.2) is 48.5 Å². The van der Waals surface area contributed by atoms with E-state index in [1.54, 1.807) is 11.0 Å². The Hall–Kier alpha value is -2.48. The Balaban J connectivity index is 1.33. The van der Waals surface area contributed by atoms with Crippen LogP contribution in [0.1, 0.15) is 34.8 Å². The standard InChI is InChI=1S/C25H30ClFN4O2/c26-20-7-4-8-21(27)24(20)25(33)31-15-18-13-30(14-19(18)16-31)12-10-22(29-23(32)9-11-28)17-5-2-1-3-6-17/h1-8,18-19,22H,9-16,28H2,(H,29,32)/t18?,19?,22-/m0/s1. The molecule has 0 aromatic heterocycles. The van der Waals surface area contributed by atoms with Crippen molar-refractivity contribution in [3.8, 4) is 0 Å². The fourth-order valence-corrected chi connectivity index (χ4v) is 5.26. The Morgan fingerprint density at radius 2 is 1.76 bits per heavy atom. The van der Waals surface area contributed by atoms with E-state index in [1.807, 2.05) is 30.3 Å². The minimum Gasteiger partial charge on any atom is -0.349 e. The number of carbonyl (C=O) groups excluding carboxylic acids is 2. The van der Waals surface area contributed by atoms with E-state index in [2.05, 4.69) is 10.2 Å². The zero-order chi connectivity index (χ0) is 23.4. The summed E-state index contributed by atoms with van der Waals surface area (Å²) >= 11 is 6.09. The predicted molar refractivity (Wildman–Crippen MR) is 126 cm³/mol. The van der Waals surface area contributed by atoms with Crippen molar-refractivity contribution in [1.82, 2.24) is 15.1 Å². The molecule has 2 aromatic rings. The van der Waals surface area contributed by atoms with Crippen molar-refractivity contribution in [3.05, 3.63) is 70.5 Å². The number of hydrogen-bond acceptors (Lipinski definition) is 4. The number of likely N-dealkylation sites (tertiary alicyclic amines) is 2.